The van der Waals surface area contributed by atoms with Crippen molar-refractivity contribution in [3.8, 4) is 17.1 Å². The molecule has 0 aliphatic carbocycles. The topological polar surface area (TPSA) is 35.2 Å². The van der Waals surface area contributed by atoms with E-state index in [4.69, 9.17) is 33.7 Å². The van der Waals surface area contributed by atoms with Crippen LogP contribution in [0.4, 0.5) is 0 Å². The van der Waals surface area contributed by atoms with Gasteiger partial charge in [-0.25, -0.2) is 4.68 Å². The molecule has 0 spiro atoms. The zero-order valence-electron chi connectivity index (χ0n) is 15.7. The van der Waals surface area contributed by atoms with Gasteiger partial charge in [-0.15, -0.1) is 0 Å². The summed E-state index contributed by atoms with van der Waals surface area (Å²) in [5.41, 5.74) is 2.21. The third-order valence-corrected chi connectivity index (χ3v) is 5.01. The molecule has 0 saturated heterocycles. The summed E-state index contributed by atoms with van der Waals surface area (Å²) in [5.74, 6) is 1.72. The quantitative estimate of drug-likeness (QED) is 0.529. The first-order chi connectivity index (χ1) is 13.0. The van der Waals surface area contributed by atoms with Gasteiger partial charge in [0.15, 0.2) is 10.6 Å². The molecule has 5 nitrogen and oxygen atoms in total. The third kappa shape index (κ3) is 4.58. The van der Waals surface area contributed by atoms with Crippen molar-refractivity contribution in [3.05, 3.63) is 63.9 Å². The summed E-state index contributed by atoms with van der Waals surface area (Å²) in [6.07, 6.45) is 0. The van der Waals surface area contributed by atoms with E-state index in [1.807, 2.05) is 45.6 Å². The van der Waals surface area contributed by atoms with Crippen molar-refractivity contribution in [3.63, 3.8) is 0 Å². The summed E-state index contributed by atoms with van der Waals surface area (Å²) in [5, 5.41) is 5.47. The molecule has 3 aromatic rings. The normalized spacial score (nSPS) is 11.1. The average molecular weight is 403 g/mol. The molecule has 0 radical (unpaired) electrons. The molecular weight excluding hydrogens is 380 g/mol. The molecular formula is C20H23ClN4OS. The van der Waals surface area contributed by atoms with Gasteiger partial charge in [-0.3, -0.25) is 4.90 Å². The highest BCUT2D eigenvalue weighted by molar-refractivity contribution is 7.71. The van der Waals surface area contributed by atoms with E-state index in [-0.39, 0.29) is 0 Å². The standard InChI is InChI=1S/C20H23ClN4OS/c1-4-24-19(16-7-9-17(21)10-8-16)22-25(20(24)27)14-23(2)13-15-5-11-18(26-3)12-6-15/h5-12H,4,13-14H2,1-3H3. The highest BCUT2D eigenvalue weighted by Gasteiger charge is 2.13. The SMILES string of the molecule is CCn1c(-c2ccc(Cl)cc2)nn(CN(C)Cc2ccc(OC)cc2)c1=S. The van der Waals surface area contributed by atoms with Crippen molar-refractivity contribution >= 4 is 23.8 Å². The van der Waals surface area contributed by atoms with Crippen LogP contribution in [-0.2, 0) is 19.8 Å². The van der Waals surface area contributed by atoms with Gasteiger partial charge in [0, 0.05) is 23.7 Å². The van der Waals surface area contributed by atoms with E-state index < -0.39 is 0 Å². The molecule has 142 valence electrons. The molecule has 3 rings (SSSR count). The van der Waals surface area contributed by atoms with Crippen LogP contribution in [0.15, 0.2) is 48.5 Å². The minimum atomic E-state index is 0.610. The molecule has 0 atom stereocenters. The van der Waals surface area contributed by atoms with Gasteiger partial charge in [-0.2, -0.15) is 5.10 Å². The van der Waals surface area contributed by atoms with E-state index in [2.05, 4.69) is 31.0 Å². The minimum absolute atomic E-state index is 0.610. The van der Waals surface area contributed by atoms with E-state index in [9.17, 15) is 0 Å². The van der Waals surface area contributed by atoms with Crippen molar-refractivity contribution in [1.82, 2.24) is 19.2 Å². The second-order valence-corrected chi connectivity index (χ2v) is 7.16. The Bertz CT molecular complexity index is 948. The number of rotatable bonds is 7. The second-order valence-electron chi connectivity index (χ2n) is 6.36. The van der Waals surface area contributed by atoms with Crippen molar-refractivity contribution in [2.75, 3.05) is 14.2 Å². The van der Waals surface area contributed by atoms with E-state index in [1.165, 1.54) is 5.56 Å². The Hall–Kier alpha value is -2.15. The van der Waals surface area contributed by atoms with Gasteiger partial charge in [-0.05, 0) is 68.2 Å². The lowest BCUT2D eigenvalue weighted by Crippen LogP contribution is -2.22. The maximum absolute atomic E-state index is 6.01. The van der Waals surface area contributed by atoms with Gasteiger partial charge in [-0.1, -0.05) is 23.7 Å². The van der Waals surface area contributed by atoms with Crippen LogP contribution in [-0.4, -0.2) is 33.4 Å². The van der Waals surface area contributed by atoms with Crippen LogP contribution in [0.3, 0.4) is 0 Å². The molecule has 0 fully saturated rings. The number of ether oxygens (including phenoxy) is 1. The largest absolute Gasteiger partial charge is 0.497 e. The van der Waals surface area contributed by atoms with Gasteiger partial charge < -0.3 is 9.30 Å². The second kappa shape index (κ2) is 8.69. The van der Waals surface area contributed by atoms with Crippen LogP contribution in [0, 0.1) is 4.77 Å². The van der Waals surface area contributed by atoms with Crippen molar-refractivity contribution < 1.29 is 4.74 Å². The van der Waals surface area contributed by atoms with E-state index >= 15 is 0 Å². The lowest BCUT2D eigenvalue weighted by atomic mass is 10.2. The summed E-state index contributed by atoms with van der Waals surface area (Å²) < 4.78 is 9.83. The van der Waals surface area contributed by atoms with Crippen molar-refractivity contribution in [2.45, 2.75) is 26.7 Å². The zero-order valence-corrected chi connectivity index (χ0v) is 17.3. The molecule has 0 saturated carbocycles. The van der Waals surface area contributed by atoms with E-state index in [0.717, 1.165) is 30.2 Å². The lowest BCUT2D eigenvalue weighted by molar-refractivity contribution is 0.244. The fourth-order valence-electron chi connectivity index (χ4n) is 2.95. The van der Waals surface area contributed by atoms with Gasteiger partial charge in [0.2, 0.25) is 0 Å². The Balaban J connectivity index is 1.79. The molecule has 7 heteroatoms. The molecule has 1 aromatic heterocycles. The number of benzene rings is 2. The number of hydrogen-bond acceptors (Lipinski definition) is 4. The molecule has 0 N–H and O–H groups in total. The Kier molecular flexibility index (Phi) is 6.31. The first kappa shape index (κ1) is 19.6. The average Bonchev–Trinajstić information content (AvgIpc) is 2.98. The Labute approximate surface area is 169 Å². The predicted molar refractivity (Wildman–Crippen MR) is 112 cm³/mol. The van der Waals surface area contributed by atoms with Crippen LogP contribution in [0.2, 0.25) is 5.02 Å². The summed E-state index contributed by atoms with van der Waals surface area (Å²) in [6.45, 7) is 4.24. The van der Waals surface area contributed by atoms with Crippen LogP contribution in [0.1, 0.15) is 12.5 Å². The van der Waals surface area contributed by atoms with Gasteiger partial charge in [0.25, 0.3) is 0 Å². The number of nitrogens with zero attached hydrogens (tertiary/aromatic N) is 4. The number of aromatic nitrogens is 3. The maximum atomic E-state index is 6.01. The summed E-state index contributed by atoms with van der Waals surface area (Å²) in [6, 6.07) is 15.8. The van der Waals surface area contributed by atoms with E-state index in [1.54, 1.807) is 7.11 Å². The highest BCUT2D eigenvalue weighted by Crippen LogP contribution is 2.21. The van der Waals surface area contributed by atoms with Crippen LogP contribution in [0.25, 0.3) is 11.4 Å². The Morgan fingerprint density at radius 2 is 1.78 bits per heavy atom. The summed E-state index contributed by atoms with van der Waals surface area (Å²) in [4.78, 5) is 2.18. The van der Waals surface area contributed by atoms with Gasteiger partial charge in [0.05, 0.1) is 13.8 Å². The fourth-order valence-corrected chi connectivity index (χ4v) is 3.39. The summed E-state index contributed by atoms with van der Waals surface area (Å²) in [7, 11) is 3.73. The molecule has 0 amide bonds. The number of hydrogen-bond donors (Lipinski definition) is 0. The Morgan fingerprint density at radius 1 is 1.11 bits per heavy atom. The first-order valence-electron chi connectivity index (χ1n) is 8.77. The first-order valence-corrected chi connectivity index (χ1v) is 9.55. The van der Waals surface area contributed by atoms with Crippen LogP contribution < -0.4 is 4.74 Å². The smallest absolute Gasteiger partial charge is 0.199 e. The Morgan fingerprint density at radius 3 is 2.37 bits per heavy atom. The van der Waals surface area contributed by atoms with Crippen molar-refractivity contribution in [1.29, 1.82) is 0 Å². The van der Waals surface area contributed by atoms with Gasteiger partial charge in [0.1, 0.15) is 5.75 Å². The molecule has 1 heterocycles. The van der Waals surface area contributed by atoms with Gasteiger partial charge >= 0.3 is 0 Å². The van der Waals surface area contributed by atoms with E-state index in [0.29, 0.717) is 16.5 Å². The third-order valence-electron chi connectivity index (χ3n) is 4.33. The molecule has 2 aromatic carbocycles. The molecule has 0 bridgehead atoms. The monoisotopic (exact) mass is 402 g/mol. The van der Waals surface area contributed by atoms with Crippen LogP contribution in [0.5, 0.6) is 5.75 Å². The molecule has 0 unspecified atom stereocenters. The zero-order chi connectivity index (χ0) is 19.4. The van der Waals surface area contributed by atoms with Crippen molar-refractivity contribution in [2.24, 2.45) is 0 Å². The number of halogens is 1. The highest BCUT2D eigenvalue weighted by atomic mass is 35.5. The molecule has 27 heavy (non-hydrogen) atoms. The maximum Gasteiger partial charge on any atom is 0.199 e. The predicted octanol–water partition coefficient (Wildman–Crippen LogP) is 4.85. The minimum Gasteiger partial charge on any atom is -0.497 e. The summed E-state index contributed by atoms with van der Waals surface area (Å²) >= 11 is 11.7. The lowest BCUT2D eigenvalue weighted by Gasteiger charge is -2.16. The molecule has 0 aliphatic rings. The fraction of sp³-hybridized carbons (Fsp3) is 0.300. The number of methoxy groups -OCH3 is 1. The van der Waals surface area contributed by atoms with Crippen LogP contribution >= 0.6 is 23.8 Å². The molecule has 0 aliphatic heterocycles.